The van der Waals surface area contributed by atoms with Crippen LogP contribution in [0.4, 0.5) is 11.8 Å². The third-order valence-corrected chi connectivity index (χ3v) is 4.51. The van der Waals surface area contributed by atoms with Crippen LogP contribution in [-0.2, 0) is 6.42 Å². The second-order valence-corrected chi connectivity index (χ2v) is 5.89. The van der Waals surface area contributed by atoms with Crippen molar-refractivity contribution < 1.29 is 0 Å². The Labute approximate surface area is 128 Å². The number of nitrogens with one attached hydrogen (secondary N) is 1. The van der Waals surface area contributed by atoms with E-state index in [1.165, 1.54) is 0 Å². The summed E-state index contributed by atoms with van der Waals surface area (Å²) in [5, 5.41) is 3.34. The summed E-state index contributed by atoms with van der Waals surface area (Å²) in [6.45, 7) is 9.30. The van der Waals surface area contributed by atoms with Crippen molar-refractivity contribution in [3.8, 4) is 0 Å². The van der Waals surface area contributed by atoms with E-state index in [0.29, 0.717) is 0 Å². The molecule has 5 nitrogen and oxygen atoms in total. The van der Waals surface area contributed by atoms with E-state index in [2.05, 4.69) is 58.6 Å². The zero-order chi connectivity index (χ0) is 13.8. The fourth-order valence-electron chi connectivity index (χ4n) is 2.15. The van der Waals surface area contributed by atoms with Crippen LogP contribution in [0.3, 0.4) is 0 Å². The first kappa shape index (κ1) is 14.8. The molecular weight excluding hydrogens is 353 g/mol. The first-order valence-electron chi connectivity index (χ1n) is 6.89. The zero-order valence-corrected chi connectivity index (χ0v) is 14.1. The first-order chi connectivity index (χ1) is 9.15. The molecule has 0 aliphatic carbocycles. The van der Waals surface area contributed by atoms with Gasteiger partial charge in [-0.2, -0.15) is 4.98 Å². The lowest BCUT2D eigenvalue weighted by atomic mass is 10.3. The molecule has 0 atom stereocenters. The SMILES string of the molecule is CCNc1nc(N2CCN(C)CC2)nc(CC)c1I. The van der Waals surface area contributed by atoms with Crippen molar-refractivity contribution in [3.05, 3.63) is 9.26 Å². The van der Waals surface area contributed by atoms with E-state index in [4.69, 9.17) is 9.97 Å². The van der Waals surface area contributed by atoms with Gasteiger partial charge >= 0.3 is 0 Å². The minimum absolute atomic E-state index is 0.876. The van der Waals surface area contributed by atoms with Gasteiger partial charge in [-0.3, -0.25) is 0 Å². The third-order valence-electron chi connectivity index (χ3n) is 3.37. The highest BCUT2D eigenvalue weighted by molar-refractivity contribution is 14.1. The highest BCUT2D eigenvalue weighted by Gasteiger charge is 2.19. The number of hydrogen-bond acceptors (Lipinski definition) is 5. The normalized spacial score (nSPS) is 16.7. The summed E-state index contributed by atoms with van der Waals surface area (Å²) in [4.78, 5) is 14.1. The van der Waals surface area contributed by atoms with Crippen molar-refractivity contribution in [2.24, 2.45) is 0 Å². The van der Waals surface area contributed by atoms with Crippen molar-refractivity contribution in [1.82, 2.24) is 14.9 Å². The maximum absolute atomic E-state index is 4.73. The quantitative estimate of drug-likeness (QED) is 0.814. The van der Waals surface area contributed by atoms with E-state index in [1.54, 1.807) is 0 Å². The minimum atomic E-state index is 0.876. The predicted molar refractivity (Wildman–Crippen MR) is 88.0 cm³/mol. The number of likely N-dealkylation sites (N-methyl/N-ethyl adjacent to an activating group) is 1. The number of aryl methyl sites for hydroxylation is 1. The van der Waals surface area contributed by atoms with Crippen molar-refractivity contribution in [3.63, 3.8) is 0 Å². The Kier molecular flexibility index (Phi) is 5.20. The first-order valence-corrected chi connectivity index (χ1v) is 7.97. The number of halogens is 1. The van der Waals surface area contributed by atoms with E-state index in [1.807, 2.05) is 0 Å². The Bertz CT molecular complexity index is 429. The lowest BCUT2D eigenvalue weighted by Crippen LogP contribution is -2.45. The molecule has 0 bridgehead atoms. The highest BCUT2D eigenvalue weighted by atomic mass is 127. The van der Waals surface area contributed by atoms with Crippen LogP contribution in [0.15, 0.2) is 0 Å². The maximum atomic E-state index is 4.73. The van der Waals surface area contributed by atoms with E-state index in [9.17, 15) is 0 Å². The summed E-state index contributed by atoms with van der Waals surface area (Å²) in [6.07, 6.45) is 0.944. The molecular formula is C13H22IN5. The fraction of sp³-hybridized carbons (Fsp3) is 0.692. The molecule has 1 N–H and O–H groups in total. The summed E-state index contributed by atoms with van der Waals surface area (Å²) in [7, 11) is 2.16. The molecule has 0 radical (unpaired) electrons. The van der Waals surface area contributed by atoms with Crippen LogP contribution >= 0.6 is 22.6 Å². The molecule has 106 valence electrons. The number of aromatic nitrogens is 2. The molecule has 1 aliphatic heterocycles. The van der Waals surface area contributed by atoms with Crippen LogP contribution in [0.1, 0.15) is 19.5 Å². The largest absolute Gasteiger partial charge is 0.369 e. The molecule has 6 heteroatoms. The van der Waals surface area contributed by atoms with Crippen LogP contribution in [0.25, 0.3) is 0 Å². The van der Waals surface area contributed by atoms with Crippen LogP contribution in [-0.4, -0.2) is 54.6 Å². The van der Waals surface area contributed by atoms with Gasteiger partial charge in [0.2, 0.25) is 5.95 Å². The van der Waals surface area contributed by atoms with Gasteiger partial charge in [0.15, 0.2) is 0 Å². The van der Waals surface area contributed by atoms with Gasteiger partial charge in [-0.05, 0) is 43.0 Å². The van der Waals surface area contributed by atoms with Gasteiger partial charge in [0.05, 0.1) is 9.26 Å². The van der Waals surface area contributed by atoms with Crippen LogP contribution in [0, 0.1) is 3.57 Å². The van der Waals surface area contributed by atoms with Crippen molar-refractivity contribution in [2.75, 3.05) is 50.0 Å². The molecule has 0 unspecified atom stereocenters. The summed E-state index contributed by atoms with van der Waals surface area (Å²) in [5.41, 5.74) is 1.14. The van der Waals surface area contributed by atoms with Gasteiger partial charge in [-0.15, -0.1) is 0 Å². The fourth-order valence-corrected chi connectivity index (χ4v) is 2.96. The second-order valence-electron chi connectivity index (χ2n) is 4.81. The third kappa shape index (κ3) is 3.47. The number of hydrogen-bond donors (Lipinski definition) is 1. The lowest BCUT2D eigenvalue weighted by Gasteiger charge is -2.32. The van der Waals surface area contributed by atoms with Crippen LogP contribution in [0.2, 0.25) is 0 Å². The summed E-state index contributed by atoms with van der Waals surface area (Å²) in [6, 6.07) is 0. The summed E-state index contributed by atoms with van der Waals surface area (Å²) in [5.74, 6) is 1.85. The molecule has 0 spiro atoms. The molecule has 1 aromatic heterocycles. The number of rotatable bonds is 4. The predicted octanol–water partition coefficient (Wildman–Crippen LogP) is 1.83. The van der Waals surface area contributed by atoms with Crippen LogP contribution in [0.5, 0.6) is 0 Å². The number of nitrogens with zero attached hydrogens (tertiary/aromatic N) is 4. The van der Waals surface area contributed by atoms with Gasteiger partial charge in [-0.1, -0.05) is 6.92 Å². The Morgan fingerprint density at radius 2 is 1.84 bits per heavy atom. The van der Waals surface area contributed by atoms with E-state index in [0.717, 1.165) is 60.2 Å². The topological polar surface area (TPSA) is 44.3 Å². The maximum Gasteiger partial charge on any atom is 0.227 e. The second kappa shape index (κ2) is 6.69. The number of piperazine rings is 1. The van der Waals surface area contributed by atoms with Gasteiger partial charge in [0, 0.05) is 32.7 Å². The minimum Gasteiger partial charge on any atom is -0.369 e. The molecule has 2 heterocycles. The smallest absolute Gasteiger partial charge is 0.227 e. The van der Waals surface area contributed by atoms with Gasteiger partial charge in [0.1, 0.15) is 5.82 Å². The van der Waals surface area contributed by atoms with Gasteiger partial charge < -0.3 is 15.1 Å². The average molecular weight is 375 g/mol. The summed E-state index contributed by atoms with van der Waals surface area (Å²) >= 11 is 2.34. The van der Waals surface area contributed by atoms with E-state index < -0.39 is 0 Å². The molecule has 1 fully saturated rings. The van der Waals surface area contributed by atoms with Crippen molar-refractivity contribution in [2.45, 2.75) is 20.3 Å². The van der Waals surface area contributed by atoms with Gasteiger partial charge in [0.25, 0.3) is 0 Å². The van der Waals surface area contributed by atoms with Crippen molar-refractivity contribution >= 4 is 34.4 Å². The Morgan fingerprint density at radius 1 is 1.16 bits per heavy atom. The average Bonchev–Trinajstić information content (AvgIpc) is 2.42. The zero-order valence-electron chi connectivity index (χ0n) is 11.9. The Balaban J connectivity index is 2.27. The highest BCUT2D eigenvalue weighted by Crippen LogP contribution is 2.23. The molecule has 2 rings (SSSR count). The molecule has 1 aromatic rings. The molecule has 1 aliphatic rings. The van der Waals surface area contributed by atoms with E-state index >= 15 is 0 Å². The molecule has 0 amide bonds. The monoisotopic (exact) mass is 375 g/mol. The van der Waals surface area contributed by atoms with Gasteiger partial charge in [-0.25, -0.2) is 4.98 Å². The van der Waals surface area contributed by atoms with Crippen molar-refractivity contribution in [1.29, 1.82) is 0 Å². The Morgan fingerprint density at radius 3 is 2.42 bits per heavy atom. The molecule has 0 aromatic carbocycles. The Hall–Kier alpha value is -0.630. The molecule has 0 saturated carbocycles. The lowest BCUT2D eigenvalue weighted by molar-refractivity contribution is 0.311. The number of anilines is 2. The standard InChI is InChI=1S/C13H22IN5/c1-4-10-11(14)12(15-5-2)17-13(16-10)19-8-6-18(3)7-9-19/h4-9H2,1-3H3,(H,15,16,17). The van der Waals surface area contributed by atoms with E-state index in [-0.39, 0.29) is 0 Å². The van der Waals surface area contributed by atoms with Crippen LogP contribution < -0.4 is 10.2 Å². The molecule has 19 heavy (non-hydrogen) atoms. The summed E-state index contributed by atoms with van der Waals surface area (Å²) < 4.78 is 1.15. The molecule has 1 saturated heterocycles.